The van der Waals surface area contributed by atoms with Crippen molar-refractivity contribution in [3.8, 4) is 23.0 Å². The second kappa shape index (κ2) is 8.11. The van der Waals surface area contributed by atoms with Crippen LogP contribution in [0.15, 0.2) is 36.4 Å². The molecule has 9 nitrogen and oxygen atoms in total. The fraction of sp³-hybridized carbons (Fsp3) is 0.111. The molecule has 4 N–H and O–H groups in total. The highest BCUT2D eigenvalue weighted by molar-refractivity contribution is 6.45. The number of phenols is 4. The van der Waals surface area contributed by atoms with Crippen LogP contribution in [-0.2, 0) is 14.3 Å². The van der Waals surface area contributed by atoms with Crippen LogP contribution in [0, 0.1) is 0 Å². The van der Waals surface area contributed by atoms with E-state index in [2.05, 4.69) is 0 Å². The van der Waals surface area contributed by atoms with Gasteiger partial charge in [-0.2, -0.15) is 0 Å². The van der Waals surface area contributed by atoms with Gasteiger partial charge in [0.05, 0.1) is 0 Å². The summed E-state index contributed by atoms with van der Waals surface area (Å²) in [5, 5.41) is 37.2. The number of hydrogen-bond acceptors (Lipinski definition) is 9. The molecule has 0 bridgehead atoms. The Morgan fingerprint density at radius 1 is 0.593 bits per heavy atom. The van der Waals surface area contributed by atoms with Crippen molar-refractivity contribution in [3.63, 3.8) is 0 Å². The van der Waals surface area contributed by atoms with Crippen molar-refractivity contribution in [3.05, 3.63) is 47.5 Å². The number of phenolic OH excluding ortho intramolecular Hbond substituents is 4. The molecule has 0 spiro atoms. The van der Waals surface area contributed by atoms with Gasteiger partial charge in [-0.3, -0.25) is 19.2 Å². The highest BCUT2D eigenvalue weighted by atomic mass is 16.5. The molecule has 0 saturated heterocycles. The quantitative estimate of drug-likeness (QED) is 0.386. The number of aromatic hydroxyl groups is 4. The Morgan fingerprint density at radius 2 is 0.889 bits per heavy atom. The summed E-state index contributed by atoms with van der Waals surface area (Å²) in [6, 6.07) is 5.85. The maximum atomic E-state index is 11.9. The highest BCUT2D eigenvalue weighted by Gasteiger charge is 2.21. The summed E-state index contributed by atoms with van der Waals surface area (Å²) in [6.45, 7) is -1.61. The van der Waals surface area contributed by atoms with E-state index >= 15 is 0 Å². The Bertz CT molecular complexity index is 814. The Balaban J connectivity index is 1.92. The van der Waals surface area contributed by atoms with Gasteiger partial charge in [0.25, 0.3) is 0 Å². The lowest BCUT2D eigenvalue weighted by Gasteiger charge is -2.05. The van der Waals surface area contributed by atoms with Crippen LogP contribution in [0.25, 0.3) is 0 Å². The van der Waals surface area contributed by atoms with E-state index in [9.17, 15) is 39.6 Å². The SMILES string of the molecule is O=C(COCC(=O)C(=O)c1cc(O)cc(O)c1)C(=O)c1cc(O)cc(O)c1. The molecule has 140 valence electrons. The van der Waals surface area contributed by atoms with Crippen LogP contribution in [0.2, 0.25) is 0 Å². The summed E-state index contributed by atoms with van der Waals surface area (Å²) in [7, 11) is 0. The topological polar surface area (TPSA) is 158 Å². The third-order valence-corrected chi connectivity index (χ3v) is 3.30. The van der Waals surface area contributed by atoms with Gasteiger partial charge in [-0.15, -0.1) is 0 Å². The van der Waals surface area contributed by atoms with Crippen molar-refractivity contribution < 1.29 is 44.3 Å². The van der Waals surface area contributed by atoms with Crippen LogP contribution in [0.3, 0.4) is 0 Å². The molecular formula is C18H14O9. The first-order valence-corrected chi connectivity index (χ1v) is 7.46. The standard InChI is InChI=1S/C18H14O9/c19-11-1-9(2-12(20)5-11)17(25)15(23)7-27-8-16(24)18(26)10-3-13(21)6-14(22)4-10/h1-6,19-22H,7-8H2. The largest absolute Gasteiger partial charge is 0.508 e. The second-order valence-corrected chi connectivity index (χ2v) is 5.47. The molecular weight excluding hydrogens is 360 g/mol. The van der Waals surface area contributed by atoms with Gasteiger partial charge in [-0.25, -0.2) is 0 Å². The lowest BCUT2D eigenvalue weighted by atomic mass is 10.1. The van der Waals surface area contributed by atoms with Gasteiger partial charge in [0.1, 0.15) is 36.2 Å². The average molecular weight is 374 g/mol. The lowest BCUT2D eigenvalue weighted by Crippen LogP contribution is -2.25. The number of carbonyl (C=O) groups excluding carboxylic acids is 4. The Morgan fingerprint density at radius 3 is 1.19 bits per heavy atom. The van der Waals surface area contributed by atoms with Crippen LogP contribution < -0.4 is 0 Å². The van der Waals surface area contributed by atoms with Gasteiger partial charge in [0, 0.05) is 23.3 Å². The molecule has 0 aliphatic rings. The van der Waals surface area contributed by atoms with E-state index in [0.717, 1.165) is 36.4 Å². The first-order valence-electron chi connectivity index (χ1n) is 7.46. The summed E-state index contributed by atoms with van der Waals surface area (Å²) in [4.78, 5) is 47.3. The molecule has 0 atom stereocenters. The van der Waals surface area contributed by atoms with Crippen molar-refractivity contribution in [1.82, 2.24) is 0 Å². The van der Waals surface area contributed by atoms with E-state index < -0.39 is 59.3 Å². The Kier molecular flexibility index (Phi) is 5.89. The third kappa shape index (κ3) is 5.13. The first-order chi connectivity index (χ1) is 12.7. The highest BCUT2D eigenvalue weighted by Crippen LogP contribution is 2.22. The summed E-state index contributed by atoms with van der Waals surface area (Å²) in [6.07, 6.45) is 0. The summed E-state index contributed by atoms with van der Waals surface area (Å²) in [5.74, 6) is -5.89. The fourth-order valence-electron chi connectivity index (χ4n) is 2.14. The molecule has 0 aliphatic carbocycles. The smallest absolute Gasteiger partial charge is 0.231 e. The predicted octanol–water partition coefficient (Wildman–Crippen LogP) is 0.729. The molecule has 0 aromatic heterocycles. The molecule has 0 fully saturated rings. The minimum atomic E-state index is -1.06. The monoisotopic (exact) mass is 374 g/mol. The third-order valence-electron chi connectivity index (χ3n) is 3.30. The van der Waals surface area contributed by atoms with E-state index in [-0.39, 0.29) is 11.1 Å². The lowest BCUT2D eigenvalue weighted by molar-refractivity contribution is -0.124. The first kappa shape index (κ1) is 19.6. The van der Waals surface area contributed by atoms with Crippen LogP contribution in [0.5, 0.6) is 23.0 Å². The van der Waals surface area contributed by atoms with Crippen LogP contribution in [0.1, 0.15) is 20.7 Å². The van der Waals surface area contributed by atoms with Crippen molar-refractivity contribution in [2.24, 2.45) is 0 Å². The maximum absolute atomic E-state index is 11.9. The number of benzene rings is 2. The number of hydrogen-bond donors (Lipinski definition) is 4. The predicted molar refractivity (Wildman–Crippen MR) is 89.0 cm³/mol. The number of Topliss-reactive ketones (excluding diaryl/α,β-unsaturated/α-hetero) is 4. The van der Waals surface area contributed by atoms with E-state index in [1.54, 1.807) is 0 Å². The summed E-state index contributed by atoms with van der Waals surface area (Å²) < 4.78 is 4.77. The summed E-state index contributed by atoms with van der Waals surface area (Å²) >= 11 is 0. The van der Waals surface area contributed by atoms with Crippen molar-refractivity contribution in [2.45, 2.75) is 0 Å². The molecule has 0 radical (unpaired) electrons. The van der Waals surface area contributed by atoms with Crippen LogP contribution in [-0.4, -0.2) is 56.8 Å². The van der Waals surface area contributed by atoms with Crippen molar-refractivity contribution in [2.75, 3.05) is 13.2 Å². The van der Waals surface area contributed by atoms with E-state index in [1.807, 2.05) is 0 Å². The molecule has 9 heteroatoms. The van der Waals surface area contributed by atoms with Gasteiger partial charge in [-0.1, -0.05) is 0 Å². The number of ether oxygens (including phenoxy) is 1. The zero-order valence-electron chi connectivity index (χ0n) is 13.7. The van der Waals surface area contributed by atoms with Gasteiger partial charge in [-0.05, 0) is 24.3 Å². The van der Waals surface area contributed by atoms with E-state index in [1.165, 1.54) is 0 Å². The molecule has 2 aromatic rings. The second-order valence-electron chi connectivity index (χ2n) is 5.47. The van der Waals surface area contributed by atoms with Gasteiger partial charge >= 0.3 is 0 Å². The molecule has 0 heterocycles. The number of ketones is 4. The van der Waals surface area contributed by atoms with Crippen LogP contribution >= 0.6 is 0 Å². The minimum absolute atomic E-state index is 0.265. The number of rotatable bonds is 8. The van der Waals surface area contributed by atoms with Crippen molar-refractivity contribution >= 4 is 23.1 Å². The fourth-order valence-corrected chi connectivity index (χ4v) is 2.14. The molecule has 27 heavy (non-hydrogen) atoms. The van der Waals surface area contributed by atoms with Gasteiger partial charge in [0.15, 0.2) is 0 Å². The summed E-state index contributed by atoms with van der Waals surface area (Å²) in [5.41, 5.74) is -0.530. The molecule has 2 aromatic carbocycles. The van der Waals surface area contributed by atoms with E-state index in [4.69, 9.17) is 4.74 Å². The maximum Gasteiger partial charge on any atom is 0.231 e. The zero-order chi connectivity index (χ0) is 20.1. The van der Waals surface area contributed by atoms with Gasteiger partial charge < -0.3 is 25.2 Å². The molecule has 0 amide bonds. The molecule has 0 unspecified atom stereocenters. The van der Waals surface area contributed by atoms with Crippen LogP contribution in [0.4, 0.5) is 0 Å². The number of carbonyl (C=O) groups is 4. The average Bonchev–Trinajstić information content (AvgIpc) is 2.58. The van der Waals surface area contributed by atoms with Gasteiger partial charge in [0.2, 0.25) is 23.1 Å². The molecule has 0 saturated carbocycles. The molecule has 2 rings (SSSR count). The Labute approximate surface area is 152 Å². The normalized spacial score (nSPS) is 10.4. The van der Waals surface area contributed by atoms with Crippen molar-refractivity contribution in [1.29, 1.82) is 0 Å². The zero-order valence-corrected chi connectivity index (χ0v) is 13.7. The van der Waals surface area contributed by atoms with E-state index in [0.29, 0.717) is 0 Å². The minimum Gasteiger partial charge on any atom is -0.508 e. The Hall–Kier alpha value is -3.72. The molecule has 0 aliphatic heterocycles.